The van der Waals surface area contributed by atoms with Crippen molar-refractivity contribution in [3.05, 3.63) is 43.2 Å². The molecule has 9 nitrogen and oxygen atoms in total. The number of hydrogen-bond acceptors (Lipinski definition) is 7. The molecule has 1 N–H and O–H groups in total. The van der Waals surface area contributed by atoms with Crippen LogP contribution in [-0.2, 0) is 19.1 Å². The Morgan fingerprint density at radius 3 is 2.17 bits per heavy atom. The molecule has 0 radical (unpaired) electrons. The summed E-state index contributed by atoms with van der Waals surface area (Å²) in [6.07, 6.45) is 1.88. The minimum absolute atomic E-state index is 0. The van der Waals surface area contributed by atoms with E-state index < -0.39 is 23.8 Å². The number of ether oxygens (including phenoxy) is 1. The van der Waals surface area contributed by atoms with E-state index in [1.165, 1.54) is 6.47 Å². The van der Waals surface area contributed by atoms with Gasteiger partial charge in [-0.05, 0) is 50.8 Å². The maximum absolute atomic E-state index is 12.9. The van der Waals surface area contributed by atoms with Gasteiger partial charge >= 0.3 is 18.9 Å². The largest absolute Gasteiger partial charge is 1.00 e. The summed E-state index contributed by atoms with van der Waals surface area (Å²) in [5.74, 6) is -1.94. The van der Waals surface area contributed by atoms with Gasteiger partial charge in [-0.15, -0.1) is 0 Å². The van der Waals surface area contributed by atoms with Crippen LogP contribution in [0.3, 0.4) is 0 Å². The summed E-state index contributed by atoms with van der Waals surface area (Å²) >= 11 is 0. The van der Waals surface area contributed by atoms with Gasteiger partial charge in [-0.2, -0.15) is 12.8 Å². The van der Waals surface area contributed by atoms with Crippen molar-refractivity contribution in [1.82, 2.24) is 10.2 Å². The average Bonchev–Trinajstić information content (AvgIpc) is 2.98. The summed E-state index contributed by atoms with van der Waals surface area (Å²) < 4.78 is 4.42. The van der Waals surface area contributed by atoms with E-state index >= 15 is 0 Å². The summed E-state index contributed by atoms with van der Waals surface area (Å²) in [6, 6.07) is 4.25. The van der Waals surface area contributed by atoms with Gasteiger partial charge in [-0.25, -0.2) is 0 Å². The number of fused-ring (bicyclic) bond motifs is 1. The van der Waals surface area contributed by atoms with Crippen LogP contribution in [0.15, 0.2) is 18.2 Å². The molecule has 0 aliphatic carbocycles. The van der Waals surface area contributed by atoms with E-state index in [1.54, 1.807) is 32.9 Å². The Morgan fingerprint density at radius 1 is 1.09 bits per heavy atom. The number of piperidine rings is 1. The third kappa shape index (κ3) is 5.96. The van der Waals surface area contributed by atoms with Gasteiger partial charge in [0.05, 0.1) is 16.7 Å². The monoisotopic (exact) mass is 475 g/mol. The summed E-state index contributed by atoms with van der Waals surface area (Å²) in [7, 11) is 0. The van der Waals surface area contributed by atoms with Crippen LogP contribution < -0.4 is 29.1 Å². The Kier molecular flexibility index (Phi) is 8.96. The average molecular weight is 475 g/mol. The van der Waals surface area contributed by atoms with E-state index in [9.17, 15) is 24.0 Å². The molecule has 3 aliphatic rings. The first-order valence-electron chi connectivity index (χ1n) is 11.2. The van der Waals surface area contributed by atoms with Crippen LogP contribution in [-0.4, -0.2) is 59.7 Å². The molecule has 0 bridgehead atoms. The van der Waals surface area contributed by atoms with E-state index in [0.717, 1.165) is 36.5 Å². The number of nitrogens with one attached hydrogen (secondary N) is 1. The Bertz CT molecular complexity index is 1010. The minimum Gasteiger partial charge on any atom is -0.649 e. The SMILES string of the molecule is CC(C)(C)O[C-]=O.[CH2-]CC1(C[CH2-])CN(c2ccc3c(c2)C(=O)N(C2CCC(=O)NC2=O)C3=O)C1.[Li+]. The van der Waals surface area contributed by atoms with Crippen LogP contribution in [0.25, 0.3) is 0 Å². The zero-order valence-electron chi connectivity index (χ0n) is 20.8. The van der Waals surface area contributed by atoms with Crippen LogP contribution >= 0.6 is 0 Å². The molecular formula is C25H30LiN3O6-2. The zero-order chi connectivity index (χ0) is 25.3. The minimum atomic E-state index is -0.937. The number of hydrogen-bond donors (Lipinski definition) is 1. The van der Waals surface area contributed by atoms with Gasteiger partial charge in [0.2, 0.25) is 11.8 Å². The third-order valence-corrected chi connectivity index (χ3v) is 6.25. The van der Waals surface area contributed by atoms with Crippen molar-refractivity contribution < 1.29 is 47.6 Å². The van der Waals surface area contributed by atoms with Crippen molar-refractivity contribution in [1.29, 1.82) is 0 Å². The first-order chi connectivity index (χ1) is 15.9. The summed E-state index contributed by atoms with van der Waals surface area (Å²) in [5.41, 5.74) is 1.22. The van der Waals surface area contributed by atoms with Crippen LogP contribution in [0.5, 0.6) is 0 Å². The van der Waals surface area contributed by atoms with E-state index in [1.807, 2.05) is 6.07 Å². The van der Waals surface area contributed by atoms with Crippen molar-refractivity contribution in [3.8, 4) is 0 Å². The molecule has 1 aromatic rings. The van der Waals surface area contributed by atoms with Gasteiger partial charge in [0, 0.05) is 25.2 Å². The molecule has 184 valence electrons. The van der Waals surface area contributed by atoms with Crippen molar-refractivity contribution in [2.45, 2.75) is 58.1 Å². The van der Waals surface area contributed by atoms with E-state index in [4.69, 9.17) is 0 Å². The standard InChI is InChI=1S/C20H21N3O4.C5H9O2.Li/c1-3-20(4-2)10-22(11-20)12-5-6-13-14(9-12)19(27)23(18(13)26)15-7-8-16(24)21-17(15)25;1-5(2,3)7-4-6;/h5-6,9,15H,1-4,7-8,10-11H2,(H,21,24,25);1-3H3;/q-2;-1;+1. The number of rotatable bonds is 5. The van der Waals surface area contributed by atoms with Crippen LogP contribution in [0, 0.1) is 19.3 Å². The Labute approximate surface area is 218 Å². The number of anilines is 1. The molecule has 3 heterocycles. The number of nitrogens with zero attached hydrogens (tertiary/aromatic N) is 2. The van der Waals surface area contributed by atoms with Crippen molar-refractivity contribution in [2.24, 2.45) is 5.41 Å². The van der Waals surface area contributed by atoms with Gasteiger partial charge in [-0.1, -0.05) is 6.47 Å². The van der Waals surface area contributed by atoms with Gasteiger partial charge in [-0.3, -0.25) is 29.4 Å². The van der Waals surface area contributed by atoms with Gasteiger partial charge in [0.15, 0.2) is 0 Å². The Hall–Kier alpha value is -2.63. The van der Waals surface area contributed by atoms with E-state index in [2.05, 4.69) is 28.8 Å². The second-order valence-electron chi connectivity index (χ2n) is 9.83. The molecule has 2 fully saturated rings. The van der Waals surface area contributed by atoms with Crippen LogP contribution in [0.2, 0.25) is 0 Å². The van der Waals surface area contributed by atoms with Crippen molar-refractivity contribution >= 4 is 35.8 Å². The second kappa shape index (κ2) is 11.0. The number of carbonyl (C=O) groups excluding carboxylic acids is 5. The number of amides is 4. The van der Waals surface area contributed by atoms with Crippen LogP contribution in [0.1, 0.15) is 67.2 Å². The predicted molar refractivity (Wildman–Crippen MR) is 124 cm³/mol. The Balaban J connectivity index is 0.000000476. The molecule has 2 saturated heterocycles. The number of benzene rings is 1. The molecule has 1 atom stereocenters. The van der Waals surface area contributed by atoms with Gasteiger partial charge in [0.25, 0.3) is 11.8 Å². The van der Waals surface area contributed by atoms with E-state index in [0.29, 0.717) is 11.1 Å². The fourth-order valence-corrected chi connectivity index (χ4v) is 4.17. The van der Waals surface area contributed by atoms with E-state index in [-0.39, 0.29) is 48.6 Å². The number of imide groups is 2. The van der Waals surface area contributed by atoms with Crippen LogP contribution in [0.4, 0.5) is 5.69 Å². The first-order valence-corrected chi connectivity index (χ1v) is 11.2. The molecule has 3 aliphatic heterocycles. The maximum Gasteiger partial charge on any atom is 1.00 e. The molecule has 35 heavy (non-hydrogen) atoms. The summed E-state index contributed by atoms with van der Waals surface area (Å²) in [5, 5.41) is 2.20. The Morgan fingerprint density at radius 2 is 1.69 bits per heavy atom. The quantitative estimate of drug-likeness (QED) is 0.338. The number of carbonyl (C=O) groups is 4. The molecule has 4 rings (SSSR count). The smallest absolute Gasteiger partial charge is 0.649 e. The maximum atomic E-state index is 12.9. The molecular weight excluding hydrogens is 445 g/mol. The molecule has 0 saturated carbocycles. The molecule has 0 spiro atoms. The summed E-state index contributed by atoms with van der Waals surface area (Å²) in [4.78, 5) is 61.6. The molecule has 4 amide bonds. The third-order valence-electron chi connectivity index (χ3n) is 6.25. The fourth-order valence-electron chi connectivity index (χ4n) is 4.17. The summed E-state index contributed by atoms with van der Waals surface area (Å²) in [6.45, 7) is 16.4. The molecule has 1 aromatic carbocycles. The normalized spacial score (nSPS) is 20.7. The zero-order valence-corrected chi connectivity index (χ0v) is 20.8. The van der Waals surface area contributed by atoms with Gasteiger partial charge < -0.3 is 28.3 Å². The van der Waals surface area contributed by atoms with Gasteiger partial charge in [0.1, 0.15) is 6.04 Å². The topological polar surface area (TPSA) is 113 Å². The predicted octanol–water partition coefficient (Wildman–Crippen LogP) is -0.785. The second-order valence-corrected chi connectivity index (χ2v) is 9.83. The first kappa shape index (κ1) is 28.6. The van der Waals surface area contributed by atoms with Crippen molar-refractivity contribution in [3.63, 3.8) is 0 Å². The fraction of sp³-hybridized carbons (Fsp3) is 0.480. The molecule has 1 unspecified atom stereocenters. The molecule has 10 heteroatoms. The molecule has 0 aromatic heterocycles. The van der Waals surface area contributed by atoms with Crippen molar-refractivity contribution in [2.75, 3.05) is 18.0 Å².